The Hall–Kier alpha value is -1.92. The molecule has 2 aromatic carbocycles. The summed E-state index contributed by atoms with van der Waals surface area (Å²) in [5, 5.41) is 2.74. The lowest BCUT2D eigenvalue weighted by Crippen LogP contribution is -2.25. The van der Waals surface area contributed by atoms with Crippen LogP contribution in [0.5, 0.6) is 0 Å². The number of amides is 1. The van der Waals surface area contributed by atoms with Crippen LogP contribution in [0.25, 0.3) is 0 Å². The van der Waals surface area contributed by atoms with Gasteiger partial charge in [0.05, 0.1) is 17.0 Å². The maximum absolute atomic E-state index is 14.5. The van der Waals surface area contributed by atoms with Gasteiger partial charge in [-0.2, -0.15) is 0 Å². The van der Waals surface area contributed by atoms with Crippen LogP contribution in [-0.2, 0) is 16.1 Å². The molecular formula is C25H30BrClFNO3. The molecule has 4 nitrogen and oxygen atoms in total. The number of ether oxygens (including phenoxy) is 1. The molecule has 1 unspecified atom stereocenters. The summed E-state index contributed by atoms with van der Waals surface area (Å²) in [4.78, 5) is 24.3. The molecule has 1 amide bonds. The molecule has 0 saturated carbocycles. The van der Waals surface area contributed by atoms with E-state index < -0.39 is 17.8 Å². The molecule has 2 aromatic rings. The van der Waals surface area contributed by atoms with Crippen LogP contribution in [0, 0.1) is 11.2 Å². The largest absolute Gasteiger partial charge is 0.450 e. The van der Waals surface area contributed by atoms with Crippen LogP contribution in [0.4, 0.5) is 9.18 Å². The van der Waals surface area contributed by atoms with Gasteiger partial charge in [0.1, 0.15) is 5.82 Å². The maximum Gasteiger partial charge on any atom is 0.407 e. The second kappa shape index (κ2) is 12.9. The molecule has 2 rings (SSSR count). The minimum absolute atomic E-state index is 0.0932. The van der Waals surface area contributed by atoms with Crippen molar-refractivity contribution >= 4 is 39.4 Å². The van der Waals surface area contributed by atoms with Crippen molar-refractivity contribution in [2.75, 3.05) is 12.5 Å². The first-order valence-corrected chi connectivity index (χ1v) is 12.0. The van der Waals surface area contributed by atoms with Crippen LogP contribution >= 0.6 is 27.5 Å². The molecular weight excluding hydrogens is 497 g/mol. The lowest BCUT2D eigenvalue weighted by atomic mass is 9.81. The molecule has 174 valence electrons. The number of hydrogen-bond acceptors (Lipinski definition) is 3. The zero-order valence-corrected chi connectivity index (χ0v) is 20.8. The number of Topliss-reactive ketones (excluding diaryl/α,β-unsaturated/α-hetero) is 1. The Morgan fingerprint density at radius 2 is 1.84 bits per heavy atom. The van der Waals surface area contributed by atoms with E-state index in [2.05, 4.69) is 35.1 Å². The van der Waals surface area contributed by atoms with Gasteiger partial charge in [0.2, 0.25) is 0 Å². The van der Waals surface area contributed by atoms with E-state index in [4.69, 9.17) is 16.3 Å². The third-order valence-electron chi connectivity index (χ3n) is 5.52. The van der Waals surface area contributed by atoms with Crippen molar-refractivity contribution < 1.29 is 18.7 Å². The molecule has 1 N–H and O–H groups in total. The Morgan fingerprint density at radius 3 is 2.53 bits per heavy atom. The van der Waals surface area contributed by atoms with Gasteiger partial charge >= 0.3 is 6.09 Å². The molecule has 32 heavy (non-hydrogen) atoms. The van der Waals surface area contributed by atoms with E-state index in [1.165, 1.54) is 0 Å². The van der Waals surface area contributed by atoms with Crippen LogP contribution in [0.15, 0.2) is 53.0 Å². The summed E-state index contributed by atoms with van der Waals surface area (Å²) in [5.41, 5.74) is 1.29. The smallest absolute Gasteiger partial charge is 0.407 e. The van der Waals surface area contributed by atoms with Gasteiger partial charge in [-0.1, -0.05) is 62.7 Å². The molecule has 0 heterocycles. The molecule has 7 heteroatoms. The van der Waals surface area contributed by atoms with E-state index in [0.717, 1.165) is 18.4 Å². The van der Waals surface area contributed by atoms with Gasteiger partial charge in [-0.15, -0.1) is 11.6 Å². The quantitative estimate of drug-likeness (QED) is 0.303. The van der Waals surface area contributed by atoms with Crippen molar-refractivity contribution in [3.63, 3.8) is 0 Å². The van der Waals surface area contributed by atoms with Crippen LogP contribution in [0.1, 0.15) is 56.6 Å². The van der Waals surface area contributed by atoms with Crippen molar-refractivity contribution in [2.45, 2.75) is 52.0 Å². The second-order valence-corrected chi connectivity index (χ2v) is 9.70. The Labute approximate surface area is 203 Å². The van der Waals surface area contributed by atoms with Crippen LogP contribution < -0.4 is 5.32 Å². The van der Waals surface area contributed by atoms with Crippen LogP contribution in [-0.4, -0.2) is 24.4 Å². The fraction of sp³-hybridized carbons (Fsp3) is 0.440. The highest BCUT2D eigenvalue weighted by Gasteiger charge is 2.25. The number of hydrogen-bond donors (Lipinski definition) is 1. The molecule has 1 atom stereocenters. The summed E-state index contributed by atoms with van der Waals surface area (Å²) in [6, 6.07) is 14.6. The molecule has 0 spiro atoms. The predicted octanol–water partition coefficient (Wildman–Crippen LogP) is 6.99. The topological polar surface area (TPSA) is 55.4 Å². The van der Waals surface area contributed by atoms with Crippen molar-refractivity contribution in [1.29, 1.82) is 0 Å². The highest BCUT2D eigenvalue weighted by molar-refractivity contribution is 9.10. The van der Waals surface area contributed by atoms with Crippen molar-refractivity contribution in [3.05, 3.63) is 69.9 Å². The summed E-state index contributed by atoms with van der Waals surface area (Å²) >= 11 is 8.97. The minimum Gasteiger partial charge on any atom is -0.450 e. The molecule has 0 aliphatic rings. The summed E-state index contributed by atoms with van der Waals surface area (Å²) in [5.74, 6) is -1.31. The second-order valence-electron chi connectivity index (χ2n) is 8.58. The van der Waals surface area contributed by atoms with Gasteiger partial charge in [-0.05, 0) is 57.8 Å². The van der Waals surface area contributed by atoms with E-state index in [0.29, 0.717) is 36.0 Å². The van der Waals surface area contributed by atoms with Crippen molar-refractivity contribution in [2.24, 2.45) is 5.41 Å². The minimum atomic E-state index is -0.569. The molecule has 0 aliphatic heterocycles. The number of ketones is 1. The van der Waals surface area contributed by atoms with Gasteiger partial charge < -0.3 is 10.1 Å². The fourth-order valence-corrected chi connectivity index (χ4v) is 4.09. The monoisotopic (exact) mass is 525 g/mol. The van der Waals surface area contributed by atoms with Crippen molar-refractivity contribution in [1.82, 2.24) is 5.32 Å². The van der Waals surface area contributed by atoms with Gasteiger partial charge in [-0.3, -0.25) is 4.79 Å². The SMILES string of the molecule is CC(C)(CCCC(C(=O)CCl)c1cccc(Br)c1F)CCOC(=O)NCc1ccccc1. The summed E-state index contributed by atoms with van der Waals surface area (Å²) in [6.07, 6.45) is 2.30. The molecule has 0 saturated heterocycles. The van der Waals surface area contributed by atoms with Crippen LogP contribution in [0.3, 0.4) is 0 Å². The van der Waals surface area contributed by atoms with Gasteiger partial charge in [0.25, 0.3) is 0 Å². The predicted molar refractivity (Wildman–Crippen MR) is 129 cm³/mol. The van der Waals surface area contributed by atoms with E-state index >= 15 is 0 Å². The Balaban J connectivity index is 1.78. The Morgan fingerprint density at radius 1 is 1.12 bits per heavy atom. The van der Waals surface area contributed by atoms with E-state index in [1.54, 1.807) is 18.2 Å². The molecule has 0 aliphatic carbocycles. The fourth-order valence-electron chi connectivity index (χ4n) is 3.52. The number of benzene rings is 2. The Kier molecular flexibility index (Phi) is 10.7. The van der Waals surface area contributed by atoms with E-state index in [9.17, 15) is 14.0 Å². The number of alkyl halides is 1. The van der Waals surface area contributed by atoms with Gasteiger partial charge in [-0.25, -0.2) is 9.18 Å². The Bertz CT molecular complexity index is 892. The third kappa shape index (κ3) is 8.55. The lowest BCUT2D eigenvalue weighted by molar-refractivity contribution is -0.118. The standard InChI is InChI=1S/C25H30BrClFNO3/c1-25(2,14-15-32-24(31)29-17-18-8-4-3-5-9-18)13-7-11-19(22(30)16-27)20-10-6-12-21(26)23(20)28/h3-6,8-10,12,19H,7,11,13-17H2,1-2H3,(H,29,31). The maximum atomic E-state index is 14.5. The van der Waals surface area contributed by atoms with Gasteiger partial charge in [0.15, 0.2) is 5.78 Å². The number of rotatable bonds is 12. The number of alkyl carbamates (subject to hydrolysis) is 1. The first-order valence-electron chi connectivity index (χ1n) is 10.7. The summed E-state index contributed by atoms with van der Waals surface area (Å²) < 4.78 is 20.2. The lowest BCUT2D eigenvalue weighted by Gasteiger charge is -2.25. The first-order chi connectivity index (χ1) is 15.2. The van der Waals surface area contributed by atoms with E-state index in [-0.39, 0.29) is 17.1 Å². The zero-order chi connectivity index (χ0) is 23.6. The summed E-state index contributed by atoms with van der Waals surface area (Å²) in [7, 11) is 0. The average molecular weight is 527 g/mol. The number of halogens is 3. The van der Waals surface area contributed by atoms with E-state index in [1.807, 2.05) is 30.3 Å². The van der Waals surface area contributed by atoms with Crippen LogP contribution in [0.2, 0.25) is 0 Å². The number of carbonyl (C=O) groups is 2. The first kappa shape index (κ1) is 26.3. The number of nitrogens with one attached hydrogen (secondary N) is 1. The third-order valence-corrected chi connectivity index (χ3v) is 6.39. The molecule has 0 fully saturated rings. The van der Waals surface area contributed by atoms with Crippen molar-refractivity contribution in [3.8, 4) is 0 Å². The van der Waals surface area contributed by atoms with Gasteiger partial charge in [0, 0.05) is 12.5 Å². The number of carbonyl (C=O) groups excluding carboxylic acids is 2. The molecule has 0 bridgehead atoms. The highest BCUT2D eigenvalue weighted by Crippen LogP contribution is 2.33. The summed E-state index contributed by atoms with van der Waals surface area (Å²) in [6.45, 7) is 4.91. The molecule has 0 radical (unpaired) electrons. The molecule has 0 aromatic heterocycles. The zero-order valence-electron chi connectivity index (χ0n) is 18.5. The normalized spacial score (nSPS) is 12.3. The average Bonchev–Trinajstić information content (AvgIpc) is 2.77. The highest BCUT2D eigenvalue weighted by atomic mass is 79.9.